The summed E-state index contributed by atoms with van der Waals surface area (Å²) in [7, 11) is -9.42. The van der Waals surface area contributed by atoms with Crippen molar-refractivity contribution in [2.24, 2.45) is 0 Å². The number of aromatic nitrogens is 4. The van der Waals surface area contributed by atoms with Crippen LogP contribution in [0.25, 0.3) is 11.2 Å². The number of amides is 6. The second-order valence-corrected chi connectivity index (χ2v) is 39.7. The molecule has 0 spiro atoms. The number of ether oxygens (including phenoxy) is 10. The molecule has 2 aromatic heterocycles. The molecule has 0 aliphatic carbocycles. The van der Waals surface area contributed by atoms with Crippen LogP contribution in [0.4, 0.5) is 0 Å². The maximum atomic E-state index is 14.6. The number of hydrogen-bond acceptors (Lipinski definition) is 39. The number of carbonyl (C=O) groups is 11. The number of imidazole rings is 1. The first kappa shape index (κ1) is 118. The van der Waals surface area contributed by atoms with Crippen molar-refractivity contribution in [3.8, 4) is 0 Å². The van der Waals surface area contributed by atoms with Gasteiger partial charge in [-0.05, 0) is 90.4 Å². The number of aliphatic hydroxyl groups is 10. The first-order valence-corrected chi connectivity index (χ1v) is 50.6. The van der Waals surface area contributed by atoms with Crippen LogP contribution in [0.2, 0.25) is 0 Å². The predicted octanol–water partition coefficient (Wildman–Crippen LogP) is -0.613. The monoisotopic (exact) mass is 2010 g/mol. The number of fused-ring (bicyclic) bond motifs is 1. The molecule has 8 unspecified atom stereocenters. The molecule has 6 amide bonds. The van der Waals surface area contributed by atoms with Gasteiger partial charge in [-0.2, -0.15) is 0 Å². The molecule has 0 aromatic carbocycles. The Morgan fingerprint density at radius 2 is 0.899 bits per heavy atom. The maximum Gasteiger partial charge on any atom is 0.472 e. The van der Waals surface area contributed by atoms with Crippen LogP contribution in [0.1, 0.15) is 226 Å². The number of hydrogen-bond donors (Lipinski definition) is 17. The fourth-order valence-corrected chi connectivity index (χ4v) is 17.9. The first-order valence-electron chi connectivity index (χ1n) is 47.5. The highest BCUT2D eigenvalue weighted by atomic mass is 31.2. The zero-order valence-electron chi connectivity index (χ0n) is 79.5. The molecule has 5 aliphatic rings. The molecule has 2 aromatic rings. The molecule has 7 heterocycles. The number of rotatable bonds is 69. The lowest BCUT2D eigenvalue weighted by atomic mass is 9.97. The van der Waals surface area contributed by atoms with E-state index in [0.29, 0.717) is 107 Å². The molecular weight excluding hydrogens is 1870 g/mol. The van der Waals surface area contributed by atoms with E-state index < -0.39 is 244 Å². The standard InChI is InChI=1S/C88H146N10O38P2/c1-53(2)137(120,121)130-47-69-65(40-73(132-69)98-52-92-74-54(3)90-51-91-84(74)98)136-138(122,123)131-46-58-39-64(110)42-97(58)72(113)41-71(112)96-88(48-124-36-29-62(108)23-11-7-9-21-59(105)26-14-18-33-127-85-75(93-55(4)102)81(117)78(114)66(43-99)133-85,49-125-37-30-63(109)24-12-8-10-22-60(106)27-15-19-34-128-86-76(94-56(5)103)82(118)79(115)67(44-100)134-86)50-126-38-31-70(111)89-32-17-13-25-61(107)28-16-20-35-129-87-77(95-57(6)104)83(119)80(116)68(45-101)135-87/h51-53,58,64-69,73,75-83,85-87,99-101,110,114-119H,7-50H2,1-6H3,(H,89,111)(H,93,102)(H,94,103)(H,95,104)(H,96,112)(H,120,121)(H,122,123)/t58-,64+,65+,66?,67?,68?,69-,73-,75+,76+,77+,78+,79+,80+,81?,82?,83?,85-,86-,87-,88?/m1/s1. The minimum absolute atomic E-state index is 0.0330. The van der Waals surface area contributed by atoms with Gasteiger partial charge in [0.2, 0.25) is 35.4 Å². The fourth-order valence-electron chi connectivity index (χ4n) is 16.3. The summed E-state index contributed by atoms with van der Waals surface area (Å²) in [5, 5.41) is 116. The molecule has 138 heavy (non-hydrogen) atoms. The molecule has 5 aliphatic heterocycles. The Bertz CT molecular complexity index is 3990. The Balaban J connectivity index is 0.966. The fraction of sp³-hybridized carbons (Fsp3) is 0.818. The lowest BCUT2D eigenvalue weighted by Crippen LogP contribution is -2.64. The van der Waals surface area contributed by atoms with Gasteiger partial charge in [-0.25, -0.2) is 19.5 Å². The van der Waals surface area contributed by atoms with Crippen molar-refractivity contribution in [1.29, 1.82) is 0 Å². The minimum atomic E-state index is -5.19. The summed E-state index contributed by atoms with van der Waals surface area (Å²) >= 11 is 0. The van der Waals surface area contributed by atoms with Crippen LogP contribution in [0.15, 0.2) is 12.7 Å². The third-order valence-corrected chi connectivity index (χ3v) is 26.9. The molecule has 22 atom stereocenters. The van der Waals surface area contributed by atoms with Crippen molar-refractivity contribution in [3.05, 3.63) is 18.3 Å². The third kappa shape index (κ3) is 40.1. The number of phosphoric acid groups is 1. The van der Waals surface area contributed by atoms with Crippen LogP contribution in [0.3, 0.4) is 0 Å². The largest absolute Gasteiger partial charge is 0.472 e. The molecule has 0 saturated carbocycles. The molecule has 17 N–H and O–H groups in total. The Kier molecular flexibility index (Phi) is 52.0. The van der Waals surface area contributed by atoms with Gasteiger partial charge in [-0.3, -0.25) is 70.9 Å². The number of nitrogens with zero attached hydrogens (tertiary/aromatic N) is 5. The molecule has 5 saturated heterocycles. The van der Waals surface area contributed by atoms with Crippen LogP contribution >= 0.6 is 15.4 Å². The highest BCUT2D eigenvalue weighted by Crippen LogP contribution is 2.52. The second-order valence-electron chi connectivity index (χ2n) is 35.9. The maximum absolute atomic E-state index is 14.6. The molecule has 5 fully saturated rings. The molecular formula is C88H146N10O38P2. The van der Waals surface area contributed by atoms with Crippen molar-refractivity contribution >= 4 is 90.9 Å². The van der Waals surface area contributed by atoms with E-state index in [0.717, 1.165) is 4.90 Å². The van der Waals surface area contributed by atoms with Gasteiger partial charge in [0.15, 0.2) is 24.5 Å². The zero-order valence-corrected chi connectivity index (χ0v) is 81.3. The predicted molar refractivity (Wildman–Crippen MR) is 482 cm³/mol. The van der Waals surface area contributed by atoms with E-state index in [2.05, 4.69) is 41.5 Å². The SMILES string of the molecule is CC(=O)N[C@H]1C(O)[C@@H](O)C(CO)O[C@H]1OCCCCC(=O)CCCCCC(=O)CCOCC(COCCC(=O)CCCCCC(=O)CCCCO[C@@H]1OC(CO)[C@H](O)C(O)[C@@H]1NC(C)=O)(COCCC(=O)NCCCCC(=O)CCCCO[C@@H]1OC(CO)[C@H](O)C(O)[C@@H]1NC(C)=O)NC(=O)CC(=O)N1C[C@@H](O)C[C@@H]1COP(=O)(O)O[C@H]1C[C@H](n2cnc3c(C)ncnc32)O[C@@H]1COP(=O)(O)C(C)C. The Morgan fingerprint density at radius 1 is 0.486 bits per heavy atom. The molecule has 0 bridgehead atoms. The van der Waals surface area contributed by atoms with Gasteiger partial charge < -0.3 is 144 Å². The van der Waals surface area contributed by atoms with Crippen molar-refractivity contribution in [3.63, 3.8) is 0 Å². The van der Waals surface area contributed by atoms with E-state index in [9.17, 15) is 123 Å². The van der Waals surface area contributed by atoms with Crippen LogP contribution < -0.4 is 26.6 Å². The smallest absolute Gasteiger partial charge is 0.394 e. The summed E-state index contributed by atoms with van der Waals surface area (Å²) in [6.07, 6.45) is -12.2. The van der Waals surface area contributed by atoms with Crippen molar-refractivity contribution in [1.82, 2.24) is 51.0 Å². The van der Waals surface area contributed by atoms with Gasteiger partial charge in [-0.15, -0.1) is 0 Å². The molecule has 7 rings (SSSR count). The molecule has 786 valence electrons. The van der Waals surface area contributed by atoms with Crippen LogP contribution in [0, 0.1) is 6.92 Å². The number of likely N-dealkylation sites (tertiary alicyclic amines) is 1. The highest BCUT2D eigenvalue weighted by Gasteiger charge is 2.50. The Morgan fingerprint density at radius 3 is 1.32 bits per heavy atom. The van der Waals surface area contributed by atoms with Gasteiger partial charge in [0.25, 0.3) is 0 Å². The number of carbonyl (C=O) groups excluding carboxylic acids is 11. The van der Waals surface area contributed by atoms with E-state index in [1.165, 1.54) is 51.8 Å². The number of Topliss-reactive ketones (excluding diaryl/α,β-unsaturated/α-hetero) is 5. The van der Waals surface area contributed by atoms with E-state index >= 15 is 0 Å². The number of β-amino-alcohol motifs (C(OH)–C–C–N with tert-alkyl or cyclic N) is 1. The van der Waals surface area contributed by atoms with Crippen molar-refractivity contribution in [2.45, 2.75) is 355 Å². The van der Waals surface area contributed by atoms with Crippen LogP contribution in [-0.2, 0) is 123 Å². The number of aliphatic hydroxyl groups excluding tert-OH is 10. The number of phosphoric ester groups is 1. The summed E-state index contributed by atoms with van der Waals surface area (Å²) in [5.74, 6) is -4.41. The Labute approximate surface area is 801 Å². The highest BCUT2D eigenvalue weighted by molar-refractivity contribution is 7.53. The summed E-state index contributed by atoms with van der Waals surface area (Å²) in [6, 6.07) is -4.51. The Hall–Kier alpha value is -6.82. The first-order chi connectivity index (χ1) is 65.7. The molecule has 50 heteroatoms. The summed E-state index contributed by atoms with van der Waals surface area (Å²) in [4.78, 5) is 179. The van der Waals surface area contributed by atoms with Crippen LogP contribution in [-0.4, -0.2) is 383 Å². The van der Waals surface area contributed by atoms with Gasteiger partial charge in [0.1, 0.15) is 144 Å². The van der Waals surface area contributed by atoms with E-state index in [1.807, 2.05) is 0 Å². The lowest BCUT2D eigenvalue weighted by molar-refractivity contribution is -0.270. The molecule has 0 radical (unpaired) electrons. The average molecular weight is 2010 g/mol. The lowest BCUT2D eigenvalue weighted by Gasteiger charge is -2.42. The normalized spacial score (nSPS) is 26.9. The van der Waals surface area contributed by atoms with Crippen LogP contribution in [0.5, 0.6) is 0 Å². The van der Waals surface area contributed by atoms with E-state index in [1.54, 1.807) is 6.92 Å². The number of nitrogens with one attached hydrogen (secondary N) is 5. The zero-order chi connectivity index (χ0) is 101. The quantitative estimate of drug-likeness (QED) is 0.0223. The minimum Gasteiger partial charge on any atom is -0.394 e. The van der Waals surface area contributed by atoms with E-state index in [4.69, 9.17) is 60.9 Å². The summed E-state index contributed by atoms with van der Waals surface area (Å²) in [6.45, 7) is 2.97. The average Bonchev–Trinajstić information content (AvgIpc) is 1.63. The summed E-state index contributed by atoms with van der Waals surface area (Å²) < 4.78 is 104. The topological polar surface area (TPSA) is 692 Å². The van der Waals surface area contributed by atoms with Gasteiger partial charge >= 0.3 is 15.4 Å². The van der Waals surface area contributed by atoms with Crippen molar-refractivity contribution < 1.29 is 184 Å². The number of aryl methyl sites for hydroxylation is 1. The second kappa shape index (κ2) is 60.7. The van der Waals surface area contributed by atoms with Gasteiger partial charge in [0, 0.05) is 131 Å². The van der Waals surface area contributed by atoms with E-state index in [-0.39, 0.29) is 165 Å². The van der Waals surface area contributed by atoms with Gasteiger partial charge in [-0.1, -0.05) is 26.7 Å². The number of ketones is 5. The van der Waals surface area contributed by atoms with Gasteiger partial charge in [0.05, 0.1) is 103 Å². The third-order valence-electron chi connectivity index (χ3n) is 24.1. The summed E-state index contributed by atoms with van der Waals surface area (Å²) in [5.41, 5.74) is -1.29. The number of unbranched alkanes of at least 4 members (excludes halogenated alkanes) is 8. The molecule has 48 nitrogen and oxygen atoms in total. The van der Waals surface area contributed by atoms with Crippen molar-refractivity contribution in [2.75, 3.05) is 106 Å².